The average molecular weight is 311 g/mol. The largest absolute Gasteiger partial charge is 0.371 e. The fourth-order valence-corrected chi connectivity index (χ4v) is 3.47. The second-order valence-electron chi connectivity index (χ2n) is 5.26. The summed E-state index contributed by atoms with van der Waals surface area (Å²) >= 11 is 3.71. The van der Waals surface area contributed by atoms with Crippen molar-refractivity contribution in [2.24, 2.45) is 0 Å². The van der Waals surface area contributed by atoms with Crippen molar-refractivity contribution in [2.45, 2.75) is 12.0 Å². The molecule has 2 heterocycles. The van der Waals surface area contributed by atoms with Gasteiger partial charge < -0.3 is 15.0 Å². The summed E-state index contributed by atoms with van der Waals surface area (Å²) in [6.07, 6.45) is 0.202. The highest BCUT2D eigenvalue weighted by Gasteiger charge is 2.27. The van der Waals surface area contributed by atoms with Crippen LogP contribution < -0.4 is 5.32 Å². The molecule has 4 heteroatoms. The summed E-state index contributed by atoms with van der Waals surface area (Å²) in [7, 11) is 2.17. The third-order valence-corrected chi connectivity index (χ3v) is 4.51. The number of hydrogen-bond donors (Lipinski definition) is 1. The van der Waals surface area contributed by atoms with E-state index in [1.165, 1.54) is 28.7 Å². The predicted octanol–water partition coefficient (Wildman–Crippen LogP) is 2.14. The number of likely N-dealkylation sites (tertiary alicyclic amines) is 1. The van der Waals surface area contributed by atoms with E-state index in [-0.39, 0.29) is 6.10 Å². The number of morpholine rings is 1. The summed E-state index contributed by atoms with van der Waals surface area (Å²) < 4.78 is 7.01. The molecule has 1 unspecified atom stereocenters. The molecular weight excluding hydrogens is 292 g/mol. The van der Waals surface area contributed by atoms with Crippen LogP contribution in [0.25, 0.3) is 0 Å². The first-order valence-corrected chi connectivity index (χ1v) is 7.33. The first kappa shape index (κ1) is 12.6. The summed E-state index contributed by atoms with van der Waals surface area (Å²) in [5.74, 6) is 0.684. The van der Waals surface area contributed by atoms with E-state index >= 15 is 0 Å². The number of hydrogen-bond acceptors (Lipinski definition) is 3. The van der Waals surface area contributed by atoms with Gasteiger partial charge in [0.25, 0.3) is 0 Å². The zero-order valence-corrected chi connectivity index (χ0v) is 12.2. The van der Waals surface area contributed by atoms with Crippen LogP contribution in [0, 0.1) is 0 Å². The third kappa shape index (κ3) is 2.48. The summed E-state index contributed by atoms with van der Waals surface area (Å²) in [5.41, 5.74) is 2.70. The van der Waals surface area contributed by atoms with Crippen molar-refractivity contribution in [1.82, 2.24) is 10.2 Å². The highest BCUT2D eigenvalue weighted by atomic mass is 79.9. The van der Waals surface area contributed by atoms with Gasteiger partial charge in [0.15, 0.2) is 0 Å². The second-order valence-corrected chi connectivity index (χ2v) is 6.12. The second kappa shape index (κ2) is 5.29. The highest BCUT2D eigenvalue weighted by Crippen LogP contribution is 2.33. The zero-order valence-electron chi connectivity index (χ0n) is 10.7. The number of nitrogens with zero attached hydrogens (tertiary/aromatic N) is 1. The molecule has 1 atom stereocenters. The molecule has 18 heavy (non-hydrogen) atoms. The Balaban J connectivity index is 1.75. The number of likely N-dealkylation sites (N-methyl/N-ethyl adjacent to an activating group) is 1. The Morgan fingerprint density at radius 3 is 2.83 bits per heavy atom. The SMILES string of the molecule is CN1CC(c2ccc(C3CNCCO3)cc2Br)C1. The van der Waals surface area contributed by atoms with Crippen molar-refractivity contribution >= 4 is 15.9 Å². The molecule has 2 aliphatic rings. The van der Waals surface area contributed by atoms with Gasteiger partial charge in [0.1, 0.15) is 0 Å². The minimum Gasteiger partial charge on any atom is -0.371 e. The molecule has 0 aliphatic carbocycles. The summed E-state index contributed by atoms with van der Waals surface area (Å²) in [6, 6.07) is 6.70. The smallest absolute Gasteiger partial charge is 0.0950 e. The van der Waals surface area contributed by atoms with Crippen LogP contribution in [-0.4, -0.2) is 44.7 Å². The van der Waals surface area contributed by atoms with Gasteiger partial charge in [0, 0.05) is 36.6 Å². The Bertz CT molecular complexity index is 426. The quantitative estimate of drug-likeness (QED) is 0.906. The fraction of sp³-hybridized carbons (Fsp3) is 0.571. The maximum Gasteiger partial charge on any atom is 0.0950 e. The molecule has 2 aliphatic heterocycles. The number of halogens is 1. The Labute approximate surface area is 117 Å². The molecule has 3 nitrogen and oxygen atoms in total. The van der Waals surface area contributed by atoms with Crippen LogP contribution in [0.5, 0.6) is 0 Å². The first-order valence-electron chi connectivity index (χ1n) is 6.54. The van der Waals surface area contributed by atoms with Crippen molar-refractivity contribution < 1.29 is 4.74 Å². The van der Waals surface area contributed by atoms with Gasteiger partial charge in [0.05, 0.1) is 12.7 Å². The van der Waals surface area contributed by atoms with Crippen LogP contribution in [0.1, 0.15) is 23.1 Å². The minimum absolute atomic E-state index is 0.202. The topological polar surface area (TPSA) is 24.5 Å². The molecule has 0 aromatic heterocycles. The monoisotopic (exact) mass is 310 g/mol. The summed E-state index contributed by atoms with van der Waals surface area (Å²) in [6.45, 7) is 5.01. The van der Waals surface area contributed by atoms with E-state index in [1.54, 1.807) is 0 Å². The lowest BCUT2D eigenvalue weighted by Gasteiger charge is -2.37. The van der Waals surface area contributed by atoms with Crippen molar-refractivity contribution in [1.29, 1.82) is 0 Å². The Morgan fingerprint density at radius 2 is 2.22 bits per heavy atom. The van der Waals surface area contributed by atoms with Gasteiger partial charge in [-0.2, -0.15) is 0 Å². The summed E-state index contributed by atoms with van der Waals surface area (Å²) in [4.78, 5) is 2.35. The van der Waals surface area contributed by atoms with Crippen LogP contribution in [0.4, 0.5) is 0 Å². The van der Waals surface area contributed by atoms with Crippen molar-refractivity contribution in [3.05, 3.63) is 33.8 Å². The zero-order chi connectivity index (χ0) is 12.5. The van der Waals surface area contributed by atoms with E-state index in [4.69, 9.17) is 4.74 Å². The maximum absolute atomic E-state index is 5.79. The van der Waals surface area contributed by atoms with Crippen LogP contribution in [-0.2, 0) is 4.74 Å². The molecule has 3 rings (SSSR count). The molecule has 0 radical (unpaired) electrons. The van der Waals surface area contributed by atoms with Gasteiger partial charge in [-0.15, -0.1) is 0 Å². The van der Waals surface area contributed by atoms with Crippen LogP contribution in [0.3, 0.4) is 0 Å². The molecule has 98 valence electrons. The number of ether oxygens (including phenoxy) is 1. The number of benzene rings is 1. The van der Waals surface area contributed by atoms with E-state index in [0.29, 0.717) is 5.92 Å². The first-order chi connectivity index (χ1) is 8.74. The maximum atomic E-state index is 5.79. The van der Waals surface area contributed by atoms with Gasteiger partial charge in [-0.25, -0.2) is 0 Å². The lowest BCUT2D eigenvalue weighted by Crippen LogP contribution is -2.41. The lowest BCUT2D eigenvalue weighted by atomic mass is 9.91. The molecule has 0 spiro atoms. The molecule has 1 N–H and O–H groups in total. The third-order valence-electron chi connectivity index (χ3n) is 3.83. The van der Waals surface area contributed by atoms with Crippen LogP contribution in [0.2, 0.25) is 0 Å². The Hall–Kier alpha value is -0.420. The van der Waals surface area contributed by atoms with Crippen molar-refractivity contribution in [2.75, 3.05) is 39.8 Å². The number of nitrogens with one attached hydrogen (secondary N) is 1. The molecule has 1 aromatic rings. The van der Waals surface area contributed by atoms with E-state index < -0.39 is 0 Å². The normalized spacial score (nSPS) is 26.0. The Morgan fingerprint density at radius 1 is 1.39 bits per heavy atom. The molecule has 2 fully saturated rings. The van der Waals surface area contributed by atoms with E-state index in [1.807, 2.05) is 0 Å². The molecule has 0 bridgehead atoms. The predicted molar refractivity (Wildman–Crippen MR) is 75.9 cm³/mol. The van der Waals surface area contributed by atoms with Crippen LogP contribution >= 0.6 is 15.9 Å². The van der Waals surface area contributed by atoms with E-state index in [9.17, 15) is 0 Å². The van der Waals surface area contributed by atoms with Crippen LogP contribution in [0.15, 0.2) is 22.7 Å². The van der Waals surface area contributed by atoms with Gasteiger partial charge in [-0.3, -0.25) is 0 Å². The minimum atomic E-state index is 0.202. The Kier molecular flexibility index (Phi) is 3.71. The highest BCUT2D eigenvalue weighted by molar-refractivity contribution is 9.10. The molecule has 0 amide bonds. The van der Waals surface area contributed by atoms with Gasteiger partial charge in [0.2, 0.25) is 0 Å². The standard InChI is InChI=1S/C14H19BrN2O/c1-17-8-11(9-17)12-3-2-10(6-13(12)15)14-7-16-4-5-18-14/h2-3,6,11,14,16H,4-5,7-9H2,1H3. The van der Waals surface area contributed by atoms with Crippen molar-refractivity contribution in [3.63, 3.8) is 0 Å². The lowest BCUT2D eigenvalue weighted by molar-refractivity contribution is 0.0276. The fourth-order valence-electron chi connectivity index (χ4n) is 2.75. The van der Waals surface area contributed by atoms with Crippen molar-refractivity contribution in [3.8, 4) is 0 Å². The average Bonchev–Trinajstić information content (AvgIpc) is 2.36. The molecular formula is C14H19BrN2O. The van der Waals surface area contributed by atoms with E-state index in [2.05, 4.69) is 51.4 Å². The van der Waals surface area contributed by atoms with E-state index in [0.717, 1.165) is 19.7 Å². The molecule has 2 saturated heterocycles. The molecule has 0 saturated carbocycles. The summed E-state index contributed by atoms with van der Waals surface area (Å²) in [5, 5.41) is 3.37. The van der Waals surface area contributed by atoms with Gasteiger partial charge in [-0.05, 0) is 24.2 Å². The van der Waals surface area contributed by atoms with Gasteiger partial charge >= 0.3 is 0 Å². The number of rotatable bonds is 2. The van der Waals surface area contributed by atoms with Gasteiger partial charge in [-0.1, -0.05) is 28.1 Å². The molecule has 1 aromatic carbocycles.